The number of benzene rings is 1. The summed E-state index contributed by atoms with van der Waals surface area (Å²) >= 11 is 6.07. The van der Waals surface area contributed by atoms with Gasteiger partial charge in [0.15, 0.2) is 5.96 Å². The number of anilines is 1. The molecule has 5 nitrogen and oxygen atoms in total. The van der Waals surface area contributed by atoms with E-state index in [-0.39, 0.29) is 24.0 Å². The molecule has 0 atom stereocenters. The summed E-state index contributed by atoms with van der Waals surface area (Å²) in [6.07, 6.45) is 0. The summed E-state index contributed by atoms with van der Waals surface area (Å²) in [6, 6.07) is 8.07. The summed E-state index contributed by atoms with van der Waals surface area (Å²) in [6.45, 7) is 11.0. The van der Waals surface area contributed by atoms with E-state index in [1.165, 1.54) is 5.69 Å². The Morgan fingerprint density at radius 2 is 2.00 bits per heavy atom. The first-order valence-electron chi connectivity index (χ1n) is 8.31. The maximum absolute atomic E-state index is 6.07. The highest BCUT2D eigenvalue weighted by atomic mass is 127. The molecule has 3 N–H and O–H groups in total. The fourth-order valence-corrected chi connectivity index (χ4v) is 2.77. The molecule has 0 spiro atoms. The fourth-order valence-electron chi connectivity index (χ4n) is 2.58. The van der Waals surface area contributed by atoms with Crippen LogP contribution in [-0.4, -0.2) is 56.7 Å². The van der Waals surface area contributed by atoms with Crippen molar-refractivity contribution in [2.24, 2.45) is 16.6 Å². The van der Waals surface area contributed by atoms with E-state index in [0.29, 0.717) is 11.9 Å². The lowest BCUT2D eigenvalue weighted by atomic mass is 10.2. The van der Waals surface area contributed by atoms with Gasteiger partial charge in [-0.25, -0.2) is 0 Å². The van der Waals surface area contributed by atoms with E-state index in [1.54, 1.807) is 0 Å². The zero-order valence-electron chi connectivity index (χ0n) is 14.5. The molecule has 1 heterocycles. The van der Waals surface area contributed by atoms with E-state index in [2.05, 4.69) is 40.0 Å². The topological polar surface area (TPSA) is 56.9 Å². The van der Waals surface area contributed by atoms with Gasteiger partial charge in [0.25, 0.3) is 0 Å². The average Bonchev–Trinajstić information content (AvgIpc) is 2.53. The van der Waals surface area contributed by atoms with Gasteiger partial charge in [-0.1, -0.05) is 31.5 Å². The van der Waals surface area contributed by atoms with Crippen LogP contribution >= 0.6 is 35.6 Å². The van der Waals surface area contributed by atoms with Crippen LogP contribution in [0, 0.1) is 5.92 Å². The molecule has 1 aromatic rings. The van der Waals surface area contributed by atoms with Crippen LogP contribution in [0.2, 0.25) is 5.02 Å². The van der Waals surface area contributed by atoms with Crippen molar-refractivity contribution < 1.29 is 0 Å². The zero-order valence-corrected chi connectivity index (χ0v) is 17.6. The Hall–Kier alpha value is -0.730. The van der Waals surface area contributed by atoms with Crippen LogP contribution in [-0.2, 0) is 0 Å². The molecule has 1 aliphatic rings. The molecule has 1 aliphatic heterocycles. The van der Waals surface area contributed by atoms with Crippen molar-refractivity contribution in [1.82, 2.24) is 10.2 Å². The molecular weight excluding hydrogens is 437 g/mol. The molecule has 0 amide bonds. The smallest absolute Gasteiger partial charge is 0.188 e. The van der Waals surface area contributed by atoms with E-state index in [1.807, 2.05) is 18.2 Å². The van der Waals surface area contributed by atoms with Gasteiger partial charge >= 0.3 is 0 Å². The number of nitrogens with two attached hydrogens (primary N) is 1. The lowest BCUT2D eigenvalue weighted by Gasteiger charge is -2.36. The third-order valence-corrected chi connectivity index (χ3v) is 4.14. The average molecular weight is 466 g/mol. The second-order valence-corrected chi connectivity index (χ2v) is 6.79. The van der Waals surface area contributed by atoms with Crippen molar-refractivity contribution in [3.63, 3.8) is 0 Å². The molecule has 1 aromatic carbocycles. The van der Waals surface area contributed by atoms with Gasteiger partial charge in [0.1, 0.15) is 0 Å². The first-order valence-corrected chi connectivity index (χ1v) is 8.69. The third kappa shape index (κ3) is 7.44. The molecule has 0 saturated carbocycles. The molecule has 0 radical (unpaired) electrons. The van der Waals surface area contributed by atoms with Crippen molar-refractivity contribution in [3.05, 3.63) is 29.3 Å². The molecule has 7 heteroatoms. The highest BCUT2D eigenvalue weighted by Gasteiger charge is 2.16. The largest absolute Gasteiger partial charge is 0.370 e. The van der Waals surface area contributed by atoms with Crippen LogP contribution in [0.25, 0.3) is 0 Å². The van der Waals surface area contributed by atoms with Crippen LogP contribution in [0.4, 0.5) is 5.69 Å². The summed E-state index contributed by atoms with van der Waals surface area (Å²) in [5, 5.41) is 3.99. The molecule has 0 unspecified atom stereocenters. The van der Waals surface area contributed by atoms with Crippen molar-refractivity contribution in [3.8, 4) is 0 Å². The maximum atomic E-state index is 6.07. The number of hydrogen-bond donors (Lipinski definition) is 2. The Bertz CT molecular complexity index is 515. The molecule has 1 saturated heterocycles. The number of nitrogens with zero attached hydrogens (tertiary/aromatic N) is 3. The first-order chi connectivity index (χ1) is 11.0. The Morgan fingerprint density at radius 3 is 2.62 bits per heavy atom. The van der Waals surface area contributed by atoms with Crippen LogP contribution in [0.3, 0.4) is 0 Å². The van der Waals surface area contributed by atoms with Gasteiger partial charge in [-0.3, -0.25) is 9.89 Å². The van der Waals surface area contributed by atoms with Gasteiger partial charge in [0.2, 0.25) is 0 Å². The summed E-state index contributed by atoms with van der Waals surface area (Å²) < 4.78 is 0. The predicted octanol–water partition coefficient (Wildman–Crippen LogP) is 2.64. The SMILES string of the molecule is CC(C)CN=C(N)NCCN1CCN(c2cccc(Cl)c2)CC1.I. The van der Waals surface area contributed by atoms with E-state index in [4.69, 9.17) is 17.3 Å². The number of rotatable bonds is 6. The Balaban J connectivity index is 0.00000288. The number of nitrogens with one attached hydrogen (secondary N) is 1. The van der Waals surface area contributed by atoms with Gasteiger partial charge in [-0.2, -0.15) is 0 Å². The quantitative estimate of drug-likeness (QED) is 0.385. The Morgan fingerprint density at radius 1 is 1.29 bits per heavy atom. The molecule has 0 bridgehead atoms. The van der Waals surface area contributed by atoms with Crippen molar-refractivity contribution in [2.45, 2.75) is 13.8 Å². The highest BCUT2D eigenvalue weighted by molar-refractivity contribution is 14.0. The number of halogens is 2. The number of hydrogen-bond acceptors (Lipinski definition) is 3. The van der Waals surface area contributed by atoms with E-state index in [9.17, 15) is 0 Å². The van der Waals surface area contributed by atoms with Crippen LogP contribution in [0.15, 0.2) is 29.3 Å². The van der Waals surface area contributed by atoms with Gasteiger partial charge in [0, 0.05) is 56.5 Å². The number of guanidine groups is 1. The molecule has 2 rings (SSSR count). The molecule has 1 fully saturated rings. The fraction of sp³-hybridized carbons (Fsp3) is 0.588. The lowest BCUT2D eigenvalue weighted by Crippen LogP contribution is -2.49. The van der Waals surface area contributed by atoms with Crippen molar-refractivity contribution in [1.29, 1.82) is 0 Å². The molecular formula is C17H29ClIN5. The monoisotopic (exact) mass is 465 g/mol. The first kappa shape index (κ1) is 21.3. The molecule has 136 valence electrons. The summed E-state index contributed by atoms with van der Waals surface area (Å²) in [4.78, 5) is 9.14. The minimum Gasteiger partial charge on any atom is -0.370 e. The summed E-state index contributed by atoms with van der Waals surface area (Å²) in [5.74, 6) is 1.09. The van der Waals surface area contributed by atoms with Crippen LogP contribution in [0.1, 0.15) is 13.8 Å². The highest BCUT2D eigenvalue weighted by Crippen LogP contribution is 2.20. The second-order valence-electron chi connectivity index (χ2n) is 6.36. The third-order valence-electron chi connectivity index (χ3n) is 3.91. The normalized spacial score (nSPS) is 16.2. The minimum absolute atomic E-state index is 0. The molecule has 24 heavy (non-hydrogen) atoms. The van der Waals surface area contributed by atoms with Crippen molar-refractivity contribution in [2.75, 3.05) is 50.7 Å². The maximum Gasteiger partial charge on any atom is 0.188 e. The summed E-state index contributed by atoms with van der Waals surface area (Å²) in [5.41, 5.74) is 7.06. The van der Waals surface area contributed by atoms with Crippen LogP contribution < -0.4 is 16.0 Å². The minimum atomic E-state index is 0. The second kappa shape index (κ2) is 11.0. The van der Waals surface area contributed by atoms with Gasteiger partial charge < -0.3 is 16.0 Å². The van der Waals surface area contributed by atoms with E-state index in [0.717, 1.165) is 50.8 Å². The number of piperazine rings is 1. The van der Waals surface area contributed by atoms with Crippen molar-refractivity contribution >= 4 is 47.2 Å². The molecule has 0 aromatic heterocycles. The Kier molecular flexibility index (Phi) is 9.76. The van der Waals surface area contributed by atoms with Gasteiger partial charge in [-0.05, 0) is 24.1 Å². The lowest BCUT2D eigenvalue weighted by molar-refractivity contribution is 0.261. The van der Waals surface area contributed by atoms with E-state index < -0.39 is 0 Å². The zero-order chi connectivity index (χ0) is 16.7. The van der Waals surface area contributed by atoms with E-state index >= 15 is 0 Å². The Labute approximate surface area is 167 Å². The van der Waals surface area contributed by atoms with Crippen LogP contribution in [0.5, 0.6) is 0 Å². The summed E-state index contributed by atoms with van der Waals surface area (Å²) in [7, 11) is 0. The van der Waals surface area contributed by atoms with Gasteiger partial charge in [-0.15, -0.1) is 24.0 Å². The standard InChI is InChI=1S/C17H28ClN5.HI/c1-14(2)13-21-17(19)20-6-7-22-8-10-23(11-9-22)16-5-3-4-15(18)12-16;/h3-5,12,14H,6-11,13H2,1-2H3,(H3,19,20,21);1H. The predicted molar refractivity (Wildman–Crippen MR) is 115 cm³/mol. The van der Waals surface area contributed by atoms with Gasteiger partial charge in [0.05, 0.1) is 0 Å². The number of aliphatic imine (C=N–C) groups is 1. The molecule has 0 aliphatic carbocycles.